The van der Waals surface area contributed by atoms with Gasteiger partial charge in [0.1, 0.15) is 0 Å². The van der Waals surface area contributed by atoms with Crippen LogP contribution in [0.4, 0.5) is 0 Å². The molecule has 0 bridgehead atoms. The second-order valence-electron chi connectivity index (χ2n) is 4.60. The number of carbonyl (C=O) groups excluding carboxylic acids is 4. The molecule has 1 aromatic carbocycles. The van der Waals surface area contributed by atoms with Gasteiger partial charge in [0.25, 0.3) is 23.6 Å². The third-order valence-corrected chi connectivity index (χ3v) is 3.31. The Bertz CT molecular complexity index is 713. The molecule has 3 rings (SSSR count). The first-order valence-corrected chi connectivity index (χ1v) is 6.25. The summed E-state index contributed by atoms with van der Waals surface area (Å²) in [5.41, 5.74) is 0.896. The van der Waals surface area contributed by atoms with Crippen molar-refractivity contribution in [2.75, 3.05) is 6.54 Å². The van der Waals surface area contributed by atoms with Crippen LogP contribution in [0.3, 0.4) is 0 Å². The summed E-state index contributed by atoms with van der Waals surface area (Å²) in [6.07, 6.45) is 2.28. The van der Waals surface area contributed by atoms with Crippen LogP contribution in [0, 0.1) is 0 Å². The molecule has 0 radical (unpaired) electrons. The lowest BCUT2D eigenvalue weighted by Gasteiger charge is -2.14. The van der Waals surface area contributed by atoms with E-state index < -0.39 is 23.6 Å². The molecule has 0 atom stereocenters. The minimum atomic E-state index is -0.577. The van der Waals surface area contributed by atoms with Gasteiger partial charge < -0.3 is 0 Å². The zero-order valence-corrected chi connectivity index (χ0v) is 10.8. The maximum atomic E-state index is 11.9. The first kappa shape index (κ1) is 13.0. The van der Waals surface area contributed by atoms with E-state index in [2.05, 4.69) is 5.32 Å². The number of carbonyl (C=O) groups is 4. The van der Waals surface area contributed by atoms with Crippen LogP contribution in [0.15, 0.2) is 48.1 Å². The third kappa shape index (κ3) is 2.16. The van der Waals surface area contributed by atoms with Gasteiger partial charge in [-0.3, -0.25) is 29.4 Å². The Balaban J connectivity index is 2.02. The number of hydrogen-bond donors (Lipinski definition) is 1. The van der Waals surface area contributed by atoms with E-state index >= 15 is 0 Å². The molecule has 0 aliphatic carbocycles. The lowest BCUT2D eigenvalue weighted by atomic mass is 10.0. The SMILES string of the molecule is O=C1NC(=O)C(c2ccccc2)=C1CN1C(=O)C=CC1=O. The van der Waals surface area contributed by atoms with Crippen LogP contribution in [0.1, 0.15) is 5.56 Å². The summed E-state index contributed by atoms with van der Waals surface area (Å²) >= 11 is 0. The summed E-state index contributed by atoms with van der Waals surface area (Å²) in [6, 6.07) is 8.65. The number of nitrogens with one attached hydrogen (secondary N) is 1. The quantitative estimate of drug-likeness (QED) is 0.792. The zero-order valence-electron chi connectivity index (χ0n) is 10.8. The molecule has 0 saturated heterocycles. The van der Waals surface area contributed by atoms with Crippen molar-refractivity contribution >= 4 is 29.2 Å². The molecule has 0 saturated carbocycles. The Labute approximate surface area is 119 Å². The second kappa shape index (κ2) is 4.82. The van der Waals surface area contributed by atoms with Gasteiger partial charge in [0, 0.05) is 12.2 Å². The predicted octanol–water partition coefficient (Wildman–Crippen LogP) is 0.0216. The summed E-state index contributed by atoms with van der Waals surface area (Å²) in [6.45, 7) is -0.216. The summed E-state index contributed by atoms with van der Waals surface area (Å²) in [4.78, 5) is 47.9. The highest BCUT2D eigenvalue weighted by Crippen LogP contribution is 2.25. The van der Waals surface area contributed by atoms with Crippen molar-refractivity contribution in [3.63, 3.8) is 0 Å². The van der Waals surface area contributed by atoms with Crippen LogP contribution in [-0.2, 0) is 19.2 Å². The van der Waals surface area contributed by atoms with Crippen molar-refractivity contribution < 1.29 is 19.2 Å². The highest BCUT2D eigenvalue weighted by Gasteiger charge is 2.35. The van der Waals surface area contributed by atoms with Crippen LogP contribution in [-0.4, -0.2) is 35.1 Å². The van der Waals surface area contributed by atoms with E-state index in [-0.39, 0.29) is 17.7 Å². The van der Waals surface area contributed by atoms with Gasteiger partial charge in [-0.1, -0.05) is 30.3 Å². The minimum Gasteiger partial charge on any atom is -0.288 e. The molecular weight excluding hydrogens is 272 g/mol. The van der Waals surface area contributed by atoms with Crippen LogP contribution in [0.5, 0.6) is 0 Å². The fraction of sp³-hybridized carbons (Fsp3) is 0.0667. The molecule has 2 aliphatic rings. The maximum Gasteiger partial charge on any atom is 0.259 e. The average Bonchev–Trinajstić information content (AvgIpc) is 2.93. The lowest BCUT2D eigenvalue weighted by molar-refractivity contribution is -0.136. The number of hydrogen-bond acceptors (Lipinski definition) is 4. The van der Waals surface area contributed by atoms with Crippen LogP contribution < -0.4 is 5.32 Å². The molecule has 0 fully saturated rings. The third-order valence-electron chi connectivity index (χ3n) is 3.31. The molecule has 2 aliphatic heterocycles. The molecule has 4 amide bonds. The zero-order chi connectivity index (χ0) is 15.0. The average molecular weight is 282 g/mol. The van der Waals surface area contributed by atoms with E-state index in [1.54, 1.807) is 30.3 Å². The van der Waals surface area contributed by atoms with E-state index in [9.17, 15) is 19.2 Å². The summed E-state index contributed by atoms with van der Waals surface area (Å²) in [7, 11) is 0. The van der Waals surface area contributed by atoms with E-state index in [0.717, 1.165) is 17.1 Å². The molecule has 21 heavy (non-hydrogen) atoms. The molecule has 1 N–H and O–H groups in total. The predicted molar refractivity (Wildman–Crippen MR) is 72.4 cm³/mol. The van der Waals surface area contributed by atoms with Crippen LogP contribution in [0.25, 0.3) is 5.57 Å². The minimum absolute atomic E-state index is 0.122. The highest BCUT2D eigenvalue weighted by molar-refractivity contribution is 6.36. The van der Waals surface area contributed by atoms with Crippen molar-refractivity contribution in [1.82, 2.24) is 10.2 Å². The fourth-order valence-corrected chi connectivity index (χ4v) is 2.30. The van der Waals surface area contributed by atoms with Gasteiger partial charge in [-0.05, 0) is 5.56 Å². The van der Waals surface area contributed by atoms with Gasteiger partial charge >= 0.3 is 0 Å². The fourth-order valence-electron chi connectivity index (χ4n) is 2.30. The number of nitrogens with zero attached hydrogens (tertiary/aromatic N) is 1. The summed E-state index contributed by atoms with van der Waals surface area (Å²) in [5.74, 6) is -2.08. The van der Waals surface area contributed by atoms with Crippen molar-refractivity contribution in [2.24, 2.45) is 0 Å². The molecule has 2 heterocycles. The lowest BCUT2D eigenvalue weighted by Crippen LogP contribution is -2.34. The number of imide groups is 2. The molecule has 0 spiro atoms. The number of amides is 4. The first-order valence-electron chi connectivity index (χ1n) is 6.25. The molecule has 104 valence electrons. The smallest absolute Gasteiger partial charge is 0.259 e. The van der Waals surface area contributed by atoms with Gasteiger partial charge in [0.05, 0.1) is 17.7 Å². The molecule has 0 aromatic heterocycles. The number of rotatable bonds is 3. The Hall–Kier alpha value is -3.02. The monoisotopic (exact) mass is 282 g/mol. The topological polar surface area (TPSA) is 83.6 Å². The van der Waals surface area contributed by atoms with Gasteiger partial charge in [-0.25, -0.2) is 0 Å². The van der Waals surface area contributed by atoms with Gasteiger partial charge in [-0.2, -0.15) is 0 Å². The number of benzene rings is 1. The highest BCUT2D eigenvalue weighted by atomic mass is 16.2. The van der Waals surface area contributed by atoms with Crippen LogP contribution in [0.2, 0.25) is 0 Å². The molecule has 6 nitrogen and oxygen atoms in total. The Kier molecular flexibility index (Phi) is 2.98. The molecule has 1 aromatic rings. The Morgan fingerprint density at radius 2 is 1.48 bits per heavy atom. The largest absolute Gasteiger partial charge is 0.288 e. The van der Waals surface area contributed by atoms with Crippen molar-refractivity contribution in [1.29, 1.82) is 0 Å². The molecule has 6 heteroatoms. The van der Waals surface area contributed by atoms with E-state index in [1.807, 2.05) is 0 Å². The molecular formula is C15H10N2O4. The van der Waals surface area contributed by atoms with Gasteiger partial charge in [-0.15, -0.1) is 0 Å². The second-order valence-corrected chi connectivity index (χ2v) is 4.60. The van der Waals surface area contributed by atoms with Crippen molar-refractivity contribution in [3.8, 4) is 0 Å². The summed E-state index contributed by atoms with van der Waals surface area (Å²) < 4.78 is 0. The van der Waals surface area contributed by atoms with E-state index in [0.29, 0.717) is 5.56 Å². The first-order chi connectivity index (χ1) is 10.1. The molecule has 0 unspecified atom stereocenters. The van der Waals surface area contributed by atoms with E-state index in [4.69, 9.17) is 0 Å². The van der Waals surface area contributed by atoms with Crippen molar-refractivity contribution in [3.05, 3.63) is 53.6 Å². The normalized spacial score (nSPS) is 18.0. The van der Waals surface area contributed by atoms with Gasteiger partial charge in [0.15, 0.2) is 0 Å². The summed E-state index contributed by atoms with van der Waals surface area (Å²) in [5, 5.41) is 2.20. The van der Waals surface area contributed by atoms with E-state index in [1.165, 1.54) is 0 Å². The van der Waals surface area contributed by atoms with Crippen LogP contribution >= 0.6 is 0 Å². The maximum absolute atomic E-state index is 11.9. The Morgan fingerprint density at radius 3 is 2.10 bits per heavy atom. The standard InChI is InChI=1S/C15H10N2O4/c18-11-6-7-12(19)17(11)8-10-13(15(21)16-14(10)20)9-4-2-1-3-5-9/h1-7H,8H2,(H,16,20,21). The van der Waals surface area contributed by atoms with Gasteiger partial charge in [0.2, 0.25) is 0 Å². The Morgan fingerprint density at radius 1 is 0.857 bits per heavy atom. The van der Waals surface area contributed by atoms with Crippen molar-refractivity contribution in [2.45, 2.75) is 0 Å².